The lowest BCUT2D eigenvalue weighted by atomic mass is 10.0. The quantitative estimate of drug-likeness (QED) is 0.292. The molecule has 4 atom stereocenters. The van der Waals surface area contributed by atoms with Crippen molar-refractivity contribution in [2.75, 3.05) is 12.3 Å². The van der Waals surface area contributed by atoms with Crippen LogP contribution in [0, 0.1) is 0 Å². The highest BCUT2D eigenvalue weighted by Crippen LogP contribution is 2.35. The molecular weight excluding hydrogens is 452 g/mol. The van der Waals surface area contributed by atoms with Gasteiger partial charge in [0.2, 0.25) is 0 Å². The number of benzene rings is 3. The van der Waals surface area contributed by atoms with Crippen LogP contribution >= 0.6 is 0 Å². The van der Waals surface area contributed by atoms with Crippen molar-refractivity contribution in [3.63, 3.8) is 0 Å². The summed E-state index contributed by atoms with van der Waals surface area (Å²) in [7, 11) is 0. The van der Waals surface area contributed by atoms with Crippen molar-refractivity contribution in [3.8, 4) is 0 Å². The van der Waals surface area contributed by atoms with Crippen LogP contribution in [0.2, 0.25) is 0 Å². The van der Waals surface area contributed by atoms with E-state index in [0.29, 0.717) is 32.2 Å². The van der Waals surface area contributed by atoms with E-state index in [1.807, 2.05) is 54.6 Å². The number of nitrogens with two attached hydrogens (primary N) is 1. The van der Waals surface area contributed by atoms with Gasteiger partial charge in [0, 0.05) is 5.56 Å². The Hall–Kier alpha value is -3.49. The van der Waals surface area contributed by atoms with Crippen LogP contribution in [0.15, 0.2) is 97.2 Å². The minimum Gasteiger partial charge on any atom is -0.384 e. The van der Waals surface area contributed by atoms with Crippen LogP contribution in [0.25, 0.3) is 0 Å². The fourth-order valence-corrected chi connectivity index (χ4v) is 4.62. The third kappa shape index (κ3) is 6.01. The fourth-order valence-electron chi connectivity index (χ4n) is 4.62. The number of rotatable bonds is 11. The summed E-state index contributed by atoms with van der Waals surface area (Å²) in [5.41, 5.74) is 10.4. The van der Waals surface area contributed by atoms with Gasteiger partial charge < -0.3 is 25.3 Å². The predicted octanol–water partition coefficient (Wildman–Crippen LogP) is 4.39. The molecule has 0 unspecified atom stereocenters. The van der Waals surface area contributed by atoms with Crippen molar-refractivity contribution in [1.82, 2.24) is 15.5 Å². The number of ether oxygens (including phenoxy) is 3. The molecule has 186 valence electrons. The molecule has 0 radical (unpaired) electrons. The maximum absolute atomic E-state index is 6.54. The van der Waals surface area contributed by atoms with Crippen molar-refractivity contribution >= 4 is 5.82 Å². The molecule has 1 aliphatic heterocycles. The first-order valence-electron chi connectivity index (χ1n) is 12.3. The molecule has 3 aromatic carbocycles. The zero-order valence-corrected chi connectivity index (χ0v) is 20.1. The Morgan fingerprint density at radius 3 is 1.75 bits per heavy atom. The molecule has 1 saturated heterocycles. The minimum atomic E-state index is -0.292. The molecule has 4 aromatic rings. The highest BCUT2D eigenvalue weighted by Gasteiger charge is 2.46. The molecule has 0 saturated carbocycles. The second-order valence-electron chi connectivity index (χ2n) is 9.01. The van der Waals surface area contributed by atoms with Crippen LogP contribution < -0.4 is 11.1 Å². The SMILES string of the molecule is Nc1[nH]ncc1[C@@H]1N[C@H](COCc2ccccc2)[C@@H](OCc2ccccc2)[C@H]1OCc1ccccc1. The molecule has 5 rings (SSSR count). The van der Waals surface area contributed by atoms with Crippen LogP contribution in [0.1, 0.15) is 28.3 Å². The van der Waals surface area contributed by atoms with Crippen molar-refractivity contribution < 1.29 is 14.2 Å². The average molecular weight is 485 g/mol. The Morgan fingerprint density at radius 2 is 1.22 bits per heavy atom. The van der Waals surface area contributed by atoms with Gasteiger partial charge in [-0.05, 0) is 16.7 Å². The van der Waals surface area contributed by atoms with Crippen molar-refractivity contribution in [2.24, 2.45) is 0 Å². The molecule has 0 amide bonds. The van der Waals surface area contributed by atoms with Gasteiger partial charge in [-0.3, -0.25) is 5.10 Å². The molecule has 2 heterocycles. The number of nitrogens with one attached hydrogen (secondary N) is 2. The van der Waals surface area contributed by atoms with Gasteiger partial charge >= 0.3 is 0 Å². The van der Waals surface area contributed by atoms with Crippen LogP contribution in [0.4, 0.5) is 5.82 Å². The summed E-state index contributed by atoms with van der Waals surface area (Å²) in [6.45, 7) is 1.93. The first-order valence-corrected chi connectivity index (χ1v) is 12.3. The monoisotopic (exact) mass is 484 g/mol. The zero-order valence-electron chi connectivity index (χ0n) is 20.1. The van der Waals surface area contributed by atoms with E-state index in [2.05, 4.69) is 51.9 Å². The normalized spacial score (nSPS) is 21.6. The maximum Gasteiger partial charge on any atom is 0.123 e. The van der Waals surface area contributed by atoms with E-state index in [1.165, 1.54) is 0 Å². The molecule has 1 aromatic heterocycles. The van der Waals surface area contributed by atoms with Gasteiger partial charge in [-0.1, -0.05) is 91.0 Å². The average Bonchev–Trinajstić information content (AvgIpc) is 3.50. The first kappa shape index (κ1) is 24.2. The number of aromatic nitrogens is 2. The number of nitrogens with zero attached hydrogens (tertiary/aromatic N) is 1. The highest BCUT2D eigenvalue weighted by atomic mass is 16.5. The lowest BCUT2D eigenvalue weighted by Gasteiger charge is -2.26. The van der Waals surface area contributed by atoms with Crippen molar-refractivity contribution in [2.45, 2.75) is 44.1 Å². The Balaban J connectivity index is 1.36. The van der Waals surface area contributed by atoms with E-state index in [4.69, 9.17) is 19.9 Å². The van der Waals surface area contributed by atoms with Gasteiger partial charge in [0.1, 0.15) is 18.0 Å². The zero-order chi connectivity index (χ0) is 24.6. The van der Waals surface area contributed by atoms with E-state index in [0.717, 1.165) is 22.3 Å². The number of hydrogen-bond acceptors (Lipinski definition) is 6. The van der Waals surface area contributed by atoms with Crippen LogP contribution in [-0.2, 0) is 34.0 Å². The standard InChI is InChI=1S/C29H32N4O3/c30-29-24(16-31-33-29)26-28(36-19-23-14-8-3-9-15-23)27(35-18-22-12-6-2-7-13-22)25(32-26)20-34-17-21-10-4-1-5-11-21/h1-16,25-28,32H,17-20H2,(H3,30,31,33)/t25-,26+,27-,28+/m1/s1. The van der Waals surface area contributed by atoms with Gasteiger partial charge in [-0.2, -0.15) is 5.10 Å². The fraction of sp³-hybridized carbons (Fsp3) is 0.276. The molecule has 1 aliphatic rings. The molecule has 7 heteroatoms. The summed E-state index contributed by atoms with van der Waals surface area (Å²) < 4.78 is 19.2. The first-order chi connectivity index (χ1) is 17.8. The molecule has 0 bridgehead atoms. The van der Waals surface area contributed by atoms with Crippen LogP contribution in [0.3, 0.4) is 0 Å². The largest absolute Gasteiger partial charge is 0.384 e. The molecule has 7 nitrogen and oxygen atoms in total. The number of H-pyrrole nitrogens is 1. The van der Waals surface area contributed by atoms with Gasteiger partial charge in [0.25, 0.3) is 0 Å². The van der Waals surface area contributed by atoms with Crippen LogP contribution in [-0.4, -0.2) is 35.1 Å². The van der Waals surface area contributed by atoms with Gasteiger partial charge in [-0.25, -0.2) is 0 Å². The number of nitrogen functional groups attached to an aromatic ring is 1. The van der Waals surface area contributed by atoms with Crippen LogP contribution in [0.5, 0.6) is 0 Å². The second-order valence-corrected chi connectivity index (χ2v) is 9.01. The van der Waals surface area contributed by atoms with E-state index >= 15 is 0 Å². The Kier molecular flexibility index (Phi) is 8.05. The third-order valence-electron chi connectivity index (χ3n) is 6.46. The summed E-state index contributed by atoms with van der Waals surface area (Å²) >= 11 is 0. The second kappa shape index (κ2) is 12.0. The van der Waals surface area contributed by atoms with Gasteiger partial charge in [-0.15, -0.1) is 0 Å². The maximum atomic E-state index is 6.54. The summed E-state index contributed by atoms with van der Waals surface area (Å²) in [6.07, 6.45) is 1.20. The molecule has 36 heavy (non-hydrogen) atoms. The van der Waals surface area contributed by atoms with E-state index in [-0.39, 0.29) is 24.3 Å². The van der Waals surface area contributed by atoms with Gasteiger partial charge in [0.15, 0.2) is 0 Å². The topological polar surface area (TPSA) is 94.4 Å². The van der Waals surface area contributed by atoms with Crippen molar-refractivity contribution in [3.05, 3.63) is 119 Å². The number of hydrogen-bond donors (Lipinski definition) is 3. The molecule has 0 aliphatic carbocycles. The third-order valence-corrected chi connectivity index (χ3v) is 6.46. The smallest absolute Gasteiger partial charge is 0.123 e. The summed E-state index contributed by atoms with van der Waals surface area (Å²) in [5.74, 6) is 0.522. The van der Waals surface area contributed by atoms with E-state index in [9.17, 15) is 0 Å². The number of anilines is 1. The van der Waals surface area contributed by atoms with Gasteiger partial charge in [0.05, 0.1) is 44.7 Å². The minimum absolute atomic E-state index is 0.0995. The Labute approximate surface area is 211 Å². The Bertz CT molecular complexity index is 1190. The molecule has 4 N–H and O–H groups in total. The van der Waals surface area contributed by atoms with E-state index in [1.54, 1.807) is 6.20 Å². The van der Waals surface area contributed by atoms with E-state index < -0.39 is 0 Å². The molecule has 0 spiro atoms. The predicted molar refractivity (Wildman–Crippen MR) is 139 cm³/mol. The lowest BCUT2D eigenvalue weighted by molar-refractivity contribution is -0.0861. The van der Waals surface area contributed by atoms with Crippen molar-refractivity contribution in [1.29, 1.82) is 0 Å². The molecule has 1 fully saturated rings. The number of aromatic amines is 1. The molecular formula is C29H32N4O3. The summed E-state index contributed by atoms with van der Waals surface area (Å²) in [6, 6.07) is 30.2. The highest BCUT2D eigenvalue weighted by molar-refractivity contribution is 5.41. The summed E-state index contributed by atoms with van der Waals surface area (Å²) in [4.78, 5) is 0. The lowest BCUT2D eigenvalue weighted by Crippen LogP contribution is -2.39. The summed E-state index contributed by atoms with van der Waals surface area (Å²) in [5, 5.41) is 10.7. The Morgan fingerprint density at radius 1 is 0.694 bits per heavy atom.